The predicted molar refractivity (Wildman–Crippen MR) is 110 cm³/mol. The van der Waals surface area contributed by atoms with Crippen LogP contribution < -0.4 is 9.64 Å². The number of nitrogens with zero attached hydrogens (tertiary/aromatic N) is 4. The second kappa shape index (κ2) is 8.89. The summed E-state index contributed by atoms with van der Waals surface area (Å²) in [5.74, 6) is 1.56. The first kappa shape index (κ1) is 20.6. The van der Waals surface area contributed by atoms with E-state index in [4.69, 9.17) is 4.74 Å². The maximum atomic E-state index is 12.8. The summed E-state index contributed by atoms with van der Waals surface area (Å²) in [6, 6.07) is 11.3. The fourth-order valence-electron chi connectivity index (χ4n) is 3.05. The van der Waals surface area contributed by atoms with Crippen molar-refractivity contribution in [1.29, 1.82) is 0 Å². The highest BCUT2D eigenvalue weighted by atomic mass is 32.2. The van der Waals surface area contributed by atoms with E-state index in [0.29, 0.717) is 32.1 Å². The van der Waals surface area contributed by atoms with Gasteiger partial charge in [0.05, 0.1) is 6.54 Å². The lowest BCUT2D eigenvalue weighted by Gasteiger charge is -2.31. The van der Waals surface area contributed by atoms with Crippen LogP contribution in [0.1, 0.15) is 5.56 Å². The number of aryl methyl sites for hydroxylation is 1. The maximum absolute atomic E-state index is 12.8. The van der Waals surface area contributed by atoms with Gasteiger partial charge in [0.2, 0.25) is 10.0 Å². The van der Waals surface area contributed by atoms with E-state index in [2.05, 4.69) is 9.88 Å². The van der Waals surface area contributed by atoms with E-state index in [0.717, 1.165) is 24.4 Å². The zero-order chi connectivity index (χ0) is 20.1. The summed E-state index contributed by atoms with van der Waals surface area (Å²) in [6.45, 7) is 5.70. The third-order valence-electron chi connectivity index (χ3n) is 4.90. The van der Waals surface area contributed by atoms with E-state index in [1.807, 2.05) is 50.2 Å². The van der Waals surface area contributed by atoms with Crippen molar-refractivity contribution in [3.63, 3.8) is 0 Å². The van der Waals surface area contributed by atoms with Crippen LogP contribution in [0.5, 0.6) is 5.75 Å². The molecule has 1 aliphatic rings. The molecule has 2 heterocycles. The van der Waals surface area contributed by atoms with Crippen LogP contribution in [-0.4, -0.2) is 76.0 Å². The molecule has 0 saturated carbocycles. The molecule has 0 amide bonds. The quantitative estimate of drug-likeness (QED) is 0.702. The number of rotatable bonds is 7. The van der Waals surface area contributed by atoms with E-state index in [1.165, 1.54) is 10.5 Å². The van der Waals surface area contributed by atoms with Crippen LogP contribution in [0, 0.1) is 6.92 Å². The number of aromatic nitrogens is 1. The largest absolute Gasteiger partial charge is 0.492 e. The van der Waals surface area contributed by atoms with Crippen molar-refractivity contribution < 1.29 is 13.2 Å². The van der Waals surface area contributed by atoms with Crippen molar-refractivity contribution in [2.45, 2.75) is 11.8 Å². The van der Waals surface area contributed by atoms with Crippen molar-refractivity contribution in [3.8, 4) is 5.75 Å². The van der Waals surface area contributed by atoms with Crippen LogP contribution in [0.3, 0.4) is 0 Å². The predicted octanol–water partition coefficient (Wildman–Crippen LogP) is 1.84. The lowest BCUT2D eigenvalue weighted by molar-refractivity contribution is 0.222. The Morgan fingerprint density at radius 1 is 1.14 bits per heavy atom. The number of likely N-dealkylation sites (N-methyl/N-ethyl adjacent to an activating group) is 2. The topological polar surface area (TPSA) is 66.0 Å². The van der Waals surface area contributed by atoms with Crippen LogP contribution >= 0.6 is 0 Å². The molecule has 8 heteroatoms. The summed E-state index contributed by atoms with van der Waals surface area (Å²) in [5, 5.41) is 0. The number of benzene rings is 1. The van der Waals surface area contributed by atoms with Gasteiger partial charge in [-0.25, -0.2) is 13.4 Å². The minimum absolute atomic E-state index is 0.241. The number of anilines is 1. The Labute approximate surface area is 167 Å². The Morgan fingerprint density at radius 2 is 1.89 bits per heavy atom. The Kier molecular flexibility index (Phi) is 6.53. The van der Waals surface area contributed by atoms with E-state index in [9.17, 15) is 8.42 Å². The van der Waals surface area contributed by atoms with Gasteiger partial charge in [0, 0.05) is 39.4 Å². The molecular formula is C20H28N4O3S. The lowest BCUT2D eigenvalue weighted by atomic mass is 10.2. The zero-order valence-electron chi connectivity index (χ0n) is 16.7. The second-order valence-electron chi connectivity index (χ2n) is 7.15. The Bertz CT molecular complexity index is 879. The summed E-state index contributed by atoms with van der Waals surface area (Å²) >= 11 is 0. The van der Waals surface area contributed by atoms with E-state index in [1.54, 1.807) is 12.1 Å². The molecule has 0 aliphatic carbocycles. The standard InChI is InChI=1S/C20H28N4O3S/c1-17-5-4-6-18(15-17)27-14-13-23(3)20-8-7-19(16-21-20)28(25,26)24-11-9-22(2)10-12-24/h4-8,15-16H,9-14H2,1-3H3. The SMILES string of the molecule is Cc1cccc(OCCN(C)c2ccc(S(=O)(=O)N3CCN(C)CC3)cn2)c1. The van der Waals surface area contributed by atoms with Gasteiger partial charge in [-0.05, 0) is 43.8 Å². The molecule has 3 rings (SSSR count). The molecular weight excluding hydrogens is 376 g/mol. The van der Waals surface area contributed by atoms with Crippen LogP contribution in [-0.2, 0) is 10.0 Å². The monoisotopic (exact) mass is 404 g/mol. The number of pyridine rings is 1. The van der Waals surface area contributed by atoms with Crippen LogP contribution in [0.2, 0.25) is 0 Å². The zero-order valence-corrected chi connectivity index (χ0v) is 17.5. The minimum atomic E-state index is -3.48. The fourth-order valence-corrected chi connectivity index (χ4v) is 4.42. The molecule has 0 spiro atoms. The van der Waals surface area contributed by atoms with Crippen molar-refractivity contribution >= 4 is 15.8 Å². The number of hydrogen-bond acceptors (Lipinski definition) is 6. The normalized spacial score (nSPS) is 16.1. The fraction of sp³-hybridized carbons (Fsp3) is 0.450. The molecule has 0 atom stereocenters. The molecule has 0 radical (unpaired) electrons. The van der Waals surface area contributed by atoms with E-state index >= 15 is 0 Å². The Morgan fingerprint density at radius 3 is 2.54 bits per heavy atom. The average Bonchev–Trinajstić information content (AvgIpc) is 2.68. The van der Waals surface area contributed by atoms with Gasteiger partial charge in [-0.1, -0.05) is 12.1 Å². The number of hydrogen-bond donors (Lipinski definition) is 0. The summed E-state index contributed by atoms with van der Waals surface area (Å²) in [5.41, 5.74) is 1.16. The summed E-state index contributed by atoms with van der Waals surface area (Å²) in [6.07, 6.45) is 1.45. The van der Waals surface area contributed by atoms with Crippen LogP contribution in [0.25, 0.3) is 0 Å². The van der Waals surface area contributed by atoms with Gasteiger partial charge in [-0.15, -0.1) is 0 Å². The number of sulfonamides is 1. The molecule has 1 fully saturated rings. The first-order chi connectivity index (χ1) is 13.4. The van der Waals surface area contributed by atoms with Gasteiger partial charge in [-0.2, -0.15) is 4.31 Å². The number of ether oxygens (including phenoxy) is 1. The van der Waals surface area contributed by atoms with Gasteiger partial charge in [0.15, 0.2) is 0 Å². The highest BCUT2D eigenvalue weighted by Gasteiger charge is 2.27. The van der Waals surface area contributed by atoms with Crippen molar-refractivity contribution in [3.05, 3.63) is 48.2 Å². The van der Waals surface area contributed by atoms with Gasteiger partial charge < -0.3 is 14.5 Å². The number of piperazine rings is 1. The van der Waals surface area contributed by atoms with Crippen LogP contribution in [0.15, 0.2) is 47.5 Å². The van der Waals surface area contributed by atoms with Gasteiger partial charge in [-0.3, -0.25) is 0 Å². The molecule has 28 heavy (non-hydrogen) atoms. The first-order valence-corrected chi connectivity index (χ1v) is 10.9. The molecule has 1 saturated heterocycles. The molecule has 1 aliphatic heterocycles. The van der Waals surface area contributed by atoms with E-state index in [-0.39, 0.29) is 4.90 Å². The van der Waals surface area contributed by atoms with Crippen molar-refractivity contribution in [2.75, 3.05) is 58.3 Å². The Balaban J connectivity index is 1.57. The van der Waals surface area contributed by atoms with E-state index < -0.39 is 10.0 Å². The molecule has 1 aromatic carbocycles. The molecule has 0 N–H and O–H groups in total. The summed E-state index contributed by atoms with van der Waals surface area (Å²) < 4.78 is 32.8. The Hall–Kier alpha value is -2.16. The highest BCUT2D eigenvalue weighted by Crippen LogP contribution is 2.19. The molecule has 2 aromatic rings. The summed E-state index contributed by atoms with van der Waals surface area (Å²) in [7, 11) is 0.428. The first-order valence-electron chi connectivity index (χ1n) is 9.41. The lowest BCUT2D eigenvalue weighted by Crippen LogP contribution is -2.47. The average molecular weight is 405 g/mol. The summed E-state index contributed by atoms with van der Waals surface area (Å²) in [4.78, 5) is 8.66. The molecule has 0 unspecified atom stereocenters. The minimum Gasteiger partial charge on any atom is -0.492 e. The molecule has 1 aromatic heterocycles. The van der Waals surface area contributed by atoms with Crippen molar-refractivity contribution in [1.82, 2.24) is 14.2 Å². The molecule has 7 nitrogen and oxygen atoms in total. The van der Waals surface area contributed by atoms with Gasteiger partial charge in [0.25, 0.3) is 0 Å². The van der Waals surface area contributed by atoms with Crippen molar-refractivity contribution in [2.24, 2.45) is 0 Å². The third-order valence-corrected chi connectivity index (χ3v) is 6.78. The third kappa shape index (κ3) is 5.01. The van der Waals surface area contributed by atoms with Gasteiger partial charge >= 0.3 is 0 Å². The smallest absolute Gasteiger partial charge is 0.244 e. The maximum Gasteiger partial charge on any atom is 0.244 e. The van der Waals surface area contributed by atoms with Gasteiger partial charge in [0.1, 0.15) is 23.1 Å². The molecule has 0 bridgehead atoms. The second-order valence-corrected chi connectivity index (χ2v) is 9.08. The highest BCUT2D eigenvalue weighted by molar-refractivity contribution is 7.89. The molecule has 152 valence electrons. The van der Waals surface area contributed by atoms with Crippen LogP contribution in [0.4, 0.5) is 5.82 Å².